The number of fused-ring (bicyclic) bond motifs is 1. The van der Waals surface area contributed by atoms with Crippen molar-refractivity contribution in [3.63, 3.8) is 0 Å². The van der Waals surface area contributed by atoms with Gasteiger partial charge < -0.3 is 0 Å². The number of nitrogens with one attached hydrogen (secondary N) is 2. The normalized spacial score (nSPS) is 21.8. The molecular weight excluding hydrogens is 310 g/mol. The Morgan fingerprint density at radius 3 is 2.08 bits per heavy atom. The van der Waals surface area contributed by atoms with Gasteiger partial charge in [0.25, 0.3) is 0 Å². The van der Waals surface area contributed by atoms with Crippen LogP contribution in [-0.2, 0) is 4.79 Å². The van der Waals surface area contributed by atoms with E-state index < -0.39 is 0 Å². The molecule has 2 N–H and O–H groups in total. The average molecular weight is 330 g/mol. The molecule has 0 aromatic heterocycles. The van der Waals surface area contributed by atoms with Crippen LogP contribution in [0.3, 0.4) is 0 Å². The molecule has 2 unspecified atom stereocenters. The van der Waals surface area contributed by atoms with E-state index in [9.17, 15) is 4.79 Å². The fourth-order valence-corrected chi connectivity index (χ4v) is 3.56. The third-order valence-corrected chi connectivity index (χ3v) is 4.73. The Hall–Kier alpha value is -2.95. The number of para-hydroxylation sites is 2. The van der Waals surface area contributed by atoms with Crippen LogP contribution in [0.1, 0.15) is 17.0 Å². The van der Waals surface area contributed by atoms with Crippen LogP contribution >= 0.6 is 0 Å². The molecule has 3 aromatic carbocycles. The van der Waals surface area contributed by atoms with Gasteiger partial charge in [-0.15, -0.1) is 5.43 Å². The summed E-state index contributed by atoms with van der Waals surface area (Å²) in [6.07, 6.45) is 0. The third kappa shape index (κ3) is 2.43. The van der Waals surface area contributed by atoms with E-state index in [4.69, 9.17) is 0 Å². The summed E-state index contributed by atoms with van der Waals surface area (Å²) in [6, 6.07) is 27.7. The SMILES string of the molecule is CN[N+]1(Nc2ccccc2)C(=O)C(c2ccccc2)c2ccccc21. The second-order valence-corrected chi connectivity index (χ2v) is 6.11. The highest BCUT2D eigenvalue weighted by Gasteiger charge is 2.54. The number of quaternary nitrogens is 1. The molecule has 2 atom stereocenters. The van der Waals surface area contributed by atoms with Crippen LogP contribution in [0.25, 0.3) is 0 Å². The van der Waals surface area contributed by atoms with Gasteiger partial charge in [-0.2, -0.15) is 0 Å². The van der Waals surface area contributed by atoms with Crippen molar-refractivity contribution in [2.75, 3.05) is 12.5 Å². The number of anilines is 1. The predicted molar refractivity (Wildman–Crippen MR) is 101 cm³/mol. The zero-order valence-corrected chi connectivity index (χ0v) is 14.0. The van der Waals surface area contributed by atoms with Crippen molar-refractivity contribution >= 4 is 17.3 Å². The summed E-state index contributed by atoms with van der Waals surface area (Å²) in [5.41, 5.74) is 10.4. The topological polar surface area (TPSA) is 41.1 Å². The van der Waals surface area contributed by atoms with Gasteiger partial charge in [0, 0.05) is 18.7 Å². The van der Waals surface area contributed by atoms with E-state index in [-0.39, 0.29) is 16.5 Å². The minimum Gasteiger partial charge on any atom is -0.224 e. The summed E-state index contributed by atoms with van der Waals surface area (Å²) in [5, 5.41) is 0. The van der Waals surface area contributed by atoms with Gasteiger partial charge in [0.05, 0.1) is 5.69 Å². The Kier molecular flexibility index (Phi) is 3.84. The van der Waals surface area contributed by atoms with Crippen LogP contribution in [0.15, 0.2) is 84.9 Å². The Morgan fingerprint density at radius 2 is 1.40 bits per heavy atom. The van der Waals surface area contributed by atoms with Crippen LogP contribution in [-0.4, -0.2) is 13.0 Å². The monoisotopic (exact) mass is 330 g/mol. The lowest BCUT2D eigenvalue weighted by atomic mass is 9.93. The van der Waals surface area contributed by atoms with E-state index in [0.717, 1.165) is 22.5 Å². The molecule has 3 aromatic rings. The lowest BCUT2D eigenvalue weighted by Gasteiger charge is -2.30. The number of carbonyl (C=O) groups is 1. The van der Waals surface area contributed by atoms with Crippen LogP contribution < -0.4 is 15.6 Å². The molecule has 1 heterocycles. The standard InChI is InChI=1S/C21H20N3O/c1-22-24(23-17-12-6-3-7-13-17)19-15-9-8-14-18(19)20(21(24)25)16-10-4-2-5-11-16/h2-15,20,22-23H,1H3/q+1. The summed E-state index contributed by atoms with van der Waals surface area (Å²) in [4.78, 5) is 13.6. The van der Waals surface area contributed by atoms with Crippen molar-refractivity contribution in [1.82, 2.24) is 10.1 Å². The van der Waals surface area contributed by atoms with E-state index >= 15 is 0 Å². The molecule has 0 saturated carbocycles. The van der Waals surface area contributed by atoms with E-state index in [1.54, 1.807) is 7.05 Å². The Labute approximate surface area is 147 Å². The van der Waals surface area contributed by atoms with Crippen LogP contribution in [0.5, 0.6) is 0 Å². The number of amides is 1. The van der Waals surface area contributed by atoms with Gasteiger partial charge in [-0.25, -0.2) is 10.2 Å². The second-order valence-electron chi connectivity index (χ2n) is 6.11. The molecule has 4 nitrogen and oxygen atoms in total. The summed E-state index contributed by atoms with van der Waals surface area (Å²) in [5.74, 6) is -0.250. The molecule has 25 heavy (non-hydrogen) atoms. The van der Waals surface area contributed by atoms with Gasteiger partial charge in [0.15, 0.2) is 5.69 Å². The van der Waals surface area contributed by atoms with Gasteiger partial charge in [0.2, 0.25) is 0 Å². The number of hydrogen-bond donors (Lipinski definition) is 2. The number of carbonyl (C=O) groups excluding carboxylic acids is 1. The minimum absolute atomic E-state index is 0.0544. The minimum atomic E-state index is -0.305. The Bertz CT molecular complexity index is 895. The average Bonchev–Trinajstić information content (AvgIpc) is 2.92. The zero-order valence-electron chi connectivity index (χ0n) is 14.0. The molecule has 0 radical (unpaired) electrons. The first kappa shape index (κ1) is 15.6. The van der Waals surface area contributed by atoms with Crippen molar-refractivity contribution in [2.24, 2.45) is 0 Å². The first-order valence-electron chi connectivity index (χ1n) is 8.36. The molecule has 4 heteroatoms. The maximum atomic E-state index is 13.6. The van der Waals surface area contributed by atoms with E-state index in [2.05, 4.69) is 10.9 Å². The summed E-state index contributed by atoms with van der Waals surface area (Å²) < 4.78 is -0.111. The zero-order chi connectivity index (χ0) is 17.3. The molecule has 1 aliphatic rings. The van der Waals surface area contributed by atoms with Crippen molar-refractivity contribution in [2.45, 2.75) is 5.92 Å². The summed E-state index contributed by atoms with van der Waals surface area (Å²) in [6.45, 7) is 0. The maximum Gasteiger partial charge on any atom is 0.374 e. The largest absolute Gasteiger partial charge is 0.374 e. The van der Waals surface area contributed by atoms with Gasteiger partial charge in [-0.3, -0.25) is 0 Å². The molecule has 4 rings (SSSR count). The van der Waals surface area contributed by atoms with E-state index in [1.807, 2.05) is 84.9 Å². The maximum absolute atomic E-state index is 13.6. The first-order valence-corrected chi connectivity index (χ1v) is 8.36. The Morgan fingerprint density at radius 1 is 0.800 bits per heavy atom. The number of benzene rings is 3. The smallest absolute Gasteiger partial charge is 0.224 e. The van der Waals surface area contributed by atoms with Gasteiger partial charge >= 0.3 is 5.91 Å². The lowest BCUT2D eigenvalue weighted by molar-refractivity contribution is -0.130. The van der Waals surface area contributed by atoms with E-state index in [1.165, 1.54) is 0 Å². The molecule has 0 aliphatic carbocycles. The molecule has 0 saturated heterocycles. The fraction of sp³-hybridized carbons (Fsp3) is 0.0952. The molecule has 1 amide bonds. The van der Waals surface area contributed by atoms with Crippen molar-refractivity contribution in [3.8, 4) is 0 Å². The number of nitrogens with zero attached hydrogens (tertiary/aromatic N) is 1. The Balaban J connectivity index is 1.87. The first-order chi connectivity index (χ1) is 12.3. The summed E-state index contributed by atoms with van der Waals surface area (Å²) in [7, 11) is 1.80. The second kappa shape index (κ2) is 6.16. The molecule has 124 valence electrons. The molecule has 0 fully saturated rings. The highest BCUT2D eigenvalue weighted by atomic mass is 16.2. The highest BCUT2D eigenvalue weighted by molar-refractivity contribution is 6.03. The number of hydrogen-bond acceptors (Lipinski definition) is 3. The highest BCUT2D eigenvalue weighted by Crippen LogP contribution is 2.44. The van der Waals surface area contributed by atoms with Gasteiger partial charge in [-0.05, 0) is 17.7 Å². The van der Waals surface area contributed by atoms with Crippen molar-refractivity contribution < 1.29 is 4.79 Å². The molecular formula is C21H20N3O+. The molecule has 0 bridgehead atoms. The fourth-order valence-electron chi connectivity index (χ4n) is 3.56. The quantitative estimate of drug-likeness (QED) is 0.715. The van der Waals surface area contributed by atoms with Gasteiger partial charge in [0.1, 0.15) is 5.92 Å². The van der Waals surface area contributed by atoms with Crippen molar-refractivity contribution in [1.29, 1.82) is 0 Å². The van der Waals surface area contributed by atoms with Crippen LogP contribution in [0.4, 0.5) is 11.4 Å². The van der Waals surface area contributed by atoms with E-state index in [0.29, 0.717) is 0 Å². The van der Waals surface area contributed by atoms with Crippen LogP contribution in [0, 0.1) is 0 Å². The third-order valence-electron chi connectivity index (χ3n) is 4.73. The number of rotatable bonds is 4. The molecule has 0 spiro atoms. The molecule has 1 aliphatic heterocycles. The lowest BCUT2D eigenvalue weighted by Crippen LogP contribution is -2.64. The summed E-state index contributed by atoms with van der Waals surface area (Å²) >= 11 is 0. The predicted octanol–water partition coefficient (Wildman–Crippen LogP) is 3.83. The van der Waals surface area contributed by atoms with Gasteiger partial charge in [-0.1, -0.05) is 71.4 Å². The van der Waals surface area contributed by atoms with Crippen molar-refractivity contribution in [3.05, 3.63) is 96.1 Å². The van der Waals surface area contributed by atoms with Crippen LogP contribution in [0.2, 0.25) is 0 Å².